The lowest BCUT2D eigenvalue weighted by molar-refractivity contribution is 0.101. The molecule has 0 unspecified atom stereocenters. The molecular weight excluding hydrogens is 312 g/mol. The summed E-state index contributed by atoms with van der Waals surface area (Å²) in [6.45, 7) is 2.32. The van der Waals surface area contributed by atoms with Gasteiger partial charge in [-0.3, -0.25) is 4.79 Å². The highest BCUT2D eigenvalue weighted by Gasteiger charge is 2.06. The summed E-state index contributed by atoms with van der Waals surface area (Å²) in [5, 5.41) is 3.17. The predicted octanol–water partition coefficient (Wildman–Crippen LogP) is 4.06. The van der Waals surface area contributed by atoms with E-state index in [1.165, 1.54) is 5.56 Å². The van der Waals surface area contributed by atoms with Crippen molar-refractivity contribution in [2.75, 3.05) is 17.3 Å². The van der Waals surface area contributed by atoms with Crippen molar-refractivity contribution < 1.29 is 4.79 Å². The molecule has 0 amide bonds. The van der Waals surface area contributed by atoms with Crippen LogP contribution in [0.3, 0.4) is 0 Å². The van der Waals surface area contributed by atoms with Crippen LogP contribution >= 0.6 is 0 Å². The van der Waals surface area contributed by atoms with Crippen molar-refractivity contribution in [3.8, 4) is 0 Å². The molecule has 3 rings (SSSR count). The Hall–Kier alpha value is -3.21. The maximum Gasteiger partial charge on any atom is 0.229 e. The lowest BCUT2D eigenvalue weighted by atomic mass is 10.1. The highest BCUT2D eigenvalue weighted by Crippen LogP contribution is 2.18. The van der Waals surface area contributed by atoms with E-state index in [0.29, 0.717) is 11.5 Å². The number of ketones is 1. The maximum atomic E-state index is 11.3. The first-order valence-corrected chi connectivity index (χ1v) is 8.08. The SMILES string of the molecule is CC(=O)c1ccc(Nc2nccc(N(C)Cc3ccccc3)n2)cc1. The Kier molecular flexibility index (Phi) is 5.04. The molecule has 0 radical (unpaired) electrons. The van der Waals surface area contributed by atoms with E-state index in [9.17, 15) is 4.79 Å². The van der Waals surface area contributed by atoms with E-state index in [1.54, 1.807) is 25.3 Å². The summed E-state index contributed by atoms with van der Waals surface area (Å²) in [5.74, 6) is 1.40. The molecule has 5 heteroatoms. The minimum absolute atomic E-state index is 0.0485. The van der Waals surface area contributed by atoms with Crippen LogP contribution in [0.2, 0.25) is 0 Å². The summed E-state index contributed by atoms with van der Waals surface area (Å²) in [6, 6.07) is 19.4. The van der Waals surface area contributed by atoms with E-state index in [2.05, 4.69) is 32.3 Å². The molecule has 0 bridgehead atoms. The molecule has 1 aromatic heterocycles. The quantitative estimate of drug-likeness (QED) is 0.690. The summed E-state index contributed by atoms with van der Waals surface area (Å²) in [6.07, 6.45) is 1.73. The summed E-state index contributed by atoms with van der Waals surface area (Å²) < 4.78 is 0. The second-order valence-electron chi connectivity index (χ2n) is 5.84. The molecule has 1 N–H and O–H groups in total. The number of carbonyl (C=O) groups excluding carboxylic acids is 1. The van der Waals surface area contributed by atoms with Crippen molar-refractivity contribution in [1.82, 2.24) is 9.97 Å². The molecule has 1 heterocycles. The number of hydrogen-bond acceptors (Lipinski definition) is 5. The molecule has 25 heavy (non-hydrogen) atoms. The van der Waals surface area contributed by atoms with Gasteiger partial charge in [0.25, 0.3) is 0 Å². The first kappa shape index (κ1) is 16.6. The normalized spacial score (nSPS) is 10.3. The first-order valence-electron chi connectivity index (χ1n) is 8.08. The Morgan fingerprint density at radius 1 is 1.04 bits per heavy atom. The van der Waals surface area contributed by atoms with E-state index in [0.717, 1.165) is 18.1 Å². The van der Waals surface area contributed by atoms with E-state index < -0.39 is 0 Å². The van der Waals surface area contributed by atoms with E-state index >= 15 is 0 Å². The number of nitrogens with zero attached hydrogens (tertiary/aromatic N) is 3. The lowest BCUT2D eigenvalue weighted by Crippen LogP contribution is -2.18. The highest BCUT2D eigenvalue weighted by atomic mass is 16.1. The third kappa shape index (κ3) is 4.41. The molecule has 0 spiro atoms. The molecule has 0 saturated heterocycles. The van der Waals surface area contributed by atoms with Gasteiger partial charge in [0.15, 0.2) is 5.78 Å². The van der Waals surface area contributed by atoms with E-state index in [1.807, 2.05) is 43.4 Å². The van der Waals surface area contributed by atoms with Crippen LogP contribution in [0.5, 0.6) is 0 Å². The number of aromatic nitrogens is 2. The Morgan fingerprint density at radius 2 is 1.76 bits per heavy atom. The van der Waals surface area contributed by atoms with Gasteiger partial charge in [0, 0.05) is 31.0 Å². The van der Waals surface area contributed by atoms with Crippen LogP contribution in [0.25, 0.3) is 0 Å². The molecule has 0 aliphatic carbocycles. The minimum Gasteiger partial charge on any atom is -0.355 e. The summed E-state index contributed by atoms with van der Waals surface area (Å²) in [7, 11) is 2.00. The number of Topliss-reactive ketones (excluding diaryl/α,β-unsaturated/α-hetero) is 1. The van der Waals surface area contributed by atoms with E-state index in [4.69, 9.17) is 0 Å². The fraction of sp³-hybridized carbons (Fsp3) is 0.150. The number of anilines is 3. The topological polar surface area (TPSA) is 58.1 Å². The first-order chi connectivity index (χ1) is 12.1. The summed E-state index contributed by atoms with van der Waals surface area (Å²) >= 11 is 0. The van der Waals surface area contributed by atoms with Crippen LogP contribution in [-0.2, 0) is 6.54 Å². The molecule has 0 saturated carbocycles. The number of hydrogen-bond donors (Lipinski definition) is 1. The highest BCUT2D eigenvalue weighted by molar-refractivity contribution is 5.94. The van der Waals surface area contributed by atoms with Crippen LogP contribution in [-0.4, -0.2) is 22.8 Å². The smallest absolute Gasteiger partial charge is 0.229 e. The minimum atomic E-state index is 0.0485. The Bertz CT molecular complexity index is 847. The third-order valence-electron chi connectivity index (χ3n) is 3.84. The van der Waals surface area contributed by atoms with Crippen molar-refractivity contribution >= 4 is 23.2 Å². The maximum absolute atomic E-state index is 11.3. The van der Waals surface area contributed by atoms with Crippen LogP contribution in [0.1, 0.15) is 22.8 Å². The monoisotopic (exact) mass is 332 g/mol. The van der Waals surface area contributed by atoms with Gasteiger partial charge >= 0.3 is 0 Å². The van der Waals surface area contributed by atoms with Gasteiger partial charge in [-0.25, -0.2) is 4.98 Å². The van der Waals surface area contributed by atoms with Gasteiger partial charge in [0.05, 0.1) is 0 Å². The van der Waals surface area contributed by atoms with Gasteiger partial charge in [-0.05, 0) is 42.8 Å². The number of nitrogens with one attached hydrogen (secondary N) is 1. The average molecular weight is 332 g/mol. The van der Waals surface area contributed by atoms with Gasteiger partial charge in [0.2, 0.25) is 5.95 Å². The Balaban J connectivity index is 1.71. The fourth-order valence-electron chi connectivity index (χ4n) is 2.48. The standard InChI is InChI=1S/C20H20N4O/c1-15(25)17-8-10-18(11-9-17)22-20-21-13-12-19(23-20)24(2)14-16-6-4-3-5-7-16/h3-13H,14H2,1-2H3,(H,21,22,23). The van der Waals surface area contributed by atoms with Gasteiger partial charge in [-0.2, -0.15) is 4.98 Å². The van der Waals surface area contributed by atoms with Gasteiger partial charge < -0.3 is 10.2 Å². The lowest BCUT2D eigenvalue weighted by Gasteiger charge is -2.18. The zero-order valence-electron chi connectivity index (χ0n) is 14.3. The Labute approximate surface area is 147 Å². The molecule has 0 aliphatic rings. The summed E-state index contributed by atoms with van der Waals surface area (Å²) in [5.41, 5.74) is 2.74. The number of rotatable bonds is 6. The molecule has 2 aromatic carbocycles. The van der Waals surface area contributed by atoms with Crippen molar-refractivity contribution in [3.63, 3.8) is 0 Å². The summed E-state index contributed by atoms with van der Waals surface area (Å²) in [4.78, 5) is 22.2. The molecule has 3 aromatic rings. The zero-order valence-corrected chi connectivity index (χ0v) is 14.3. The third-order valence-corrected chi connectivity index (χ3v) is 3.84. The predicted molar refractivity (Wildman–Crippen MR) is 100 cm³/mol. The fourth-order valence-corrected chi connectivity index (χ4v) is 2.48. The van der Waals surface area contributed by atoms with Crippen molar-refractivity contribution in [1.29, 1.82) is 0 Å². The molecule has 0 aliphatic heterocycles. The average Bonchev–Trinajstić information content (AvgIpc) is 2.63. The molecule has 5 nitrogen and oxygen atoms in total. The Morgan fingerprint density at radius 3 is 2.44 bits per heavy atom. The number of benzene rings is 2. The van der Waals surface area contributed by atoms with Crippen LogP contribution in [0.15, 0.2) is 66.9 Å². The van der Waals surface area contributed by atoms with Gasteiger partial charge in [0.1, 0.15) is 5.82 Å². The van der Waals surface area contributed by atoms with Gasteiger partial charge in [-0.1, -0.05) is 30.3 Å². The van der Waals surface area contributed by atoms with Crippen LogP contribution in [0, 0.1) is 0 Å². The van der Waals surface area contributed by atoms with Crippen LogP contribution < -0.4 is 10.2 Å². The van der Waals surface area contributed by atoms with E-state index in [-0.39, 0.29) is 5.78 Å². The van der Waals surface area contributed by atoms with Gasteiger partial charge in [-0.15, -0.1) is 0 Å². The molecular formula is C20H20N4O. The molecule has 126 valence electrons. The molecule has 0 fully saturated rings. The van der Waals surface area contributed by atoms with Crippen LogP contribution in [0.4, 0.5) is 17.5 Å². The second-order valence-corrected chi connectivity index (χ2v) is 5.84. The molecule has 0 atom stereocenters. The zero-order chi connectivity index (χ0) is 17.6. The largest absolute Gasteiger partial charge is 0.355 e. The van der Waals surface area contributed by atoms with Crippen molar-refractivity contribution in [2.45, 2.75) is 13.5 Å². The van der Waals surface area contributed by atoms with Crippen molar-refractivity contribution in [3.05, 3.63) is 78.0 Å². The second kappa shape index (κ2) is 7.57. The van der Waals surface area contributed by atoms with Crippen molar-refractivity contribution in [2.24, 2.45) is 0 Å². The number of carbonyl (C=O) groups is 1.